The number of amides is 8. The summed E-state index contributed by atoms with van der Waals surface area (Å²) in [7, 11) is 0. The van der Waals surface area contributed by atoms with E-state index in [2.05, 4.69) is 117 Å². The first-order chi connectivity index (χ1) is 59.2. The van der Waals surface area contributed by atoms with Gasteiger partial charge in [0.15, 0.2) is 11.7 Å². The van der Waals surface area contributed by atoms with E-state index in [0.717, 1.165) is 74.7 Å². The number of aliphatic hydroxyl groups excluding tert-OH is 10. The van der Waals surface area contributed by atoms with Crippen LogP contribution in [0, 0.1) is 0 Å². The second kappa shape index (κ2) is 48.2. The second-order valence-electron chi connectivity index (χ2n) is 32.2. The van der Waals surface area contributed by atoms with Gasteiger partial charge in [-0.05, 0) is 161 Å². The summed E-state index contributed by atoms with van der Waals surface area (Å²) in [5, 5.41) is 145. The average molecular weight is 1750 g/mol. The number of aliphatic imine (C=N–C) groups is 1. The number of aliphatic hydroxyl groups is 10. The minimum atomic E-state index is -1.91. The number of aliphatic carboxylic acids is 1. The topological polar surface area (TPSA) is 582 Å². The van der Waals surface area contributed by atoms with Gasteiger partial charge < -0.3 is 115 Å². The molecule has 0 saturated carbocycles. The Hall–Kier alpha value is -10.4. The number of carbonyl (C=O) groups excluding carboxylic acids is 8. The molecule has 124 heavy (non-hydrogen) atoms. The van der Waals surface area contributed by atoms with Gasteiger partial charge in [-0.2, -0.15) is 4.58 Å². The lowest BCUT2D eigenvalue weighted by Crippen LogP contribution is -2.58. The highest BCUT2D eigenvalue weighted by Gasteiger charge is 2.46. The molecule has 1 saturated heterocycles. The molecule has 0 bridgehead atoms. The van der Waals surface area contributed by atoms with Crippen molar-refractivity contribution in [1.29, 1.82) is 0 Å². The van der Waals surface area contributed by atoms with Crippen LogP contribution in [-0.2, 0) is 60.2 Å². The molecular weight excluding hydrogens is 1630 g/mol. The van der Waals surface area contributed by atoms with E-state index in [4.69, 9.17) is 16.7 Å². The average Bonchev–Trinajstić information content (AvgIpc) is 1.59. The highest BCUT2D eigenvalue weighted by atomic mass is 32.2. The maximum absolute atomic E-state index is 14.4. The fourth-order valence-corrected chi connectivity index (χ4v) is 16.0. The van der Waals surface area contributed by atoms with Gasteiger partial charge in [0.05, 0.1) is 43.8 Å². The van der Waals surface area contributed by atoms with Crippen LogP contribution in [0.2, 0.25) is 0 Å². The van der Waals surface area contributed by atoms with Gasteiger partial charge in [-0.15, -0.1) is 4.33 Å². The van der Waals surface area contributed by atoms with Crippen LogP contribution < -0.4 is 58.9 Å². The van der Waals surface area contributed by atoms with Crippen LogP contribution in [0.15, 0.2) is 143 Å². The molecule has 36 nitrogen and oxygen atoms in total. The standard InChI is InChI=1S/C87H119N13O23S/c1-86(2)57-43-55(79(115)92-46-65(103)75(111)77(113)67(105)49-101)29-33-63(57)99(39-15-7-12-28-71(107)90-37-14-13-26-60-82(118)96-59(27-19-38-91-85(88)89)81(117)94-48-72(108)95-62(45-73(109)110)84(120)98-61(83(119)97-60)42-51-20-8-5-9-21-51)69(86)35-31-53-24-18-25-54(74(53)52-22-10-6-11-23-52)32-36-70-87(3,4)58-44-56(30-34-64(58)100(70)40-16-17-41-124-123-122-121)80(116)93-47-66(104)76(112)78(114)68(106)50-102/h5-6,8-11,20-23,29-36,43-44,59-62,65-68,75-78,101-106,111-114H,7,12-19,24-28,37-42,45-50H2,1-4H3,(H13-,88,89,90,91,92,93,94,95,96,97,98,107,108,109,110,115,116,117,118,119,120,121)/p+1/t59-,60?,61+,62-,65?,66?,67?,68?,75?,76?,77?,78?/m0/s1. The largest absolute Gasteiger partial charge is 0.481 e. The van der Waals surface area contributed by atoms with E-state index in [1.54, 1.807) is 54.6 Å². The summed E-state index contributed by atoms with van der Waals surface area (Å²) in [6.45, 7) is 6.01. The van der Waals surface area contributed by atoms with Crippen LogP contribution in [0.3, 0.4) is 0 Å². The minimum absolute atomic E-state index is 0.0141. The fraction of sp³-hybridized carbons (Fsp3) is 0.506. The second-order valence-corrected chi connectivity index (χ2v) is 33.0. The van der Waals surface area contributed by atoms with Gasteiger partial charge >= 0.3 is 5.97 Å². The molecule has 1 aliphatic carbocycles. The predicted octanol–water partition coefficient (Wildman–Crippen LogP) is 0.733. The van der Waals surface area contributed by atoms with Crippen LogP contribution in [0.4, 0.5) is 11.4 Å². The van der Waals surface area contributed by atoms with Crippen molar-refractivity contribution in [2.45, 2.75) is 214 Å². The molecule has 12 atom stereocenters. The molecule has 1 fully saturated rings. The SMILES string of the molecule is CC1(C)C(/C=C/C2=C(c3ccccc3)C(=C/C=C3/N(CCCCSOOO)c4ccc(C(=O)NCC(O)C(O)C(O)C(O)CO)cc4C3(C)C)/CCC2)=[N+](CCCCCC(=O)NCCCCC2NC(=O)[C@@H](Cc3ccccc3)NC(=O)[C@H](CC(=O)O)NC(=O)CNC(=O)[C@H](CCCN=C(N)N)NC2=O)c2ccc(C(=O)NCC(O)C(O)C(O)C(O)CO)cc21. The fourth-order valence-electron chi connectivity index (χ4n) is 15.5. The zero-order valence-electron chi connectivity index (χ0n) is 70.1. The van der Waals surface area contributed by atoms with E-state index in [1.165, 1.54) is 0 Å². The Morgan fingerprint density at radius 1 is 0.629 bits per heavy atom. The number of allylic oxidation sites excluding steroid dienone is 8. The molecule has 0 spiro atoms. The third-order valence-corrected chi connectivity index (χ3v) is 23.0. The summed E-state index contributed by atoms with van der Waals surface area (Å²) < 4.78 is 6.85. The predicted molar refractivity (Wildman–Crippen MR) is 460 cm³/mol. The monoisotopic (exact) mass is 1750 g/mol. The number of benzene rings is 4. The van der Waals surface area contributed by atoms with Gasteiger partial charge in [-0.1, -0.05) is 91.7 Å². The van der Waals surface area contributed by atoms with Gasteiger partial charge in [0.25, 0.3) is 11.8 Å². The summed E-state index contributed by atoms with van der Waals surface area (Å²) in [5.74, 6) is -6.90. The van der Waals surface area contributed by atoms with Crippen LogP contribution in [0.25, 0.3) is 5.57 Å². The van der Waals surface area contributed by atoms with E-state index < -0.39 is 170 Å². The van der Waals surface area contributed by atoms with E-state index in [0.29, 0.717) is 75.8 Å². The highest BCUT2D eigenvalue weighted by Crippen LogP contribution is 2.49. The number of fused-ring (bicyclic) bond motifs is 2. The first-order valence-electron chi connectivity index (χ1n) is 41.7. The lowest BCUT2D eigenvalue weighted by atomic mass is 9.79. The Morgan fingerprint density at radius 3 is 1.85 bits per heavy atom. The van der Waals surface area contributed by atoms with Gasteiger partial charge in [-0.3, -0.25) is 48.1 Å². The van der Waals surface area contributed by atoms with Crippen molar-refractivity contribution in [3.63, 3.8) is 0 Å². The summed E-state index contributed by atoms with van der Waals surface area (Å²) >= 11 is 0.954. The Labute approximate surface area is 723 Å². The molecule has 4 aromatic rings. The van der Waals surface area contributed by atoms with Crippen LogP contribution in [0.1, 0.15) is 167 Å². The highest BCUT2D eigenvalue weighted by molar-refractivity contribution is 7.94. The van der Waals surface area contributed by atoms with Crippen LogP contribution in [-0.4, -0.2) is 269 Å². The van der Waals surface area contributed by atoms with Crippen molar-refractivity contribution < 1.29 is 119 Å². The lowest BCUT2D eigenvalue weighted by molar-refractivity contribution is -0.438. The summed E-state index contributed by atoms with van der Waals surface area (Å²) in [6.07, 6.45) is -0.862. The molecule has 0 aromatic heterocycles. The number of carboxylic acid groups (broad SMARTS) is 1. The third kappa shape index (κ3) is 27.8. The van der Waals surface area contributed by atoms with Crippen molar-refractivity contribution in [2.24, 2.45) is 16.5 Å². The Morgan fingerprint density at radius 2 is 1.22 bits per heavy atom. The summed E-state index contributed by atoms with van der Waals surface area (Å²) in [6, 6.07) is 23.5. The molecule has 4 aromatic carbocycles. The number of carboxylic acids is 1. The molecule has 3 heterocycles. The third-order valence-electron chi connectivity index (χ3n) is 22.4. The normalized spacial score (nSPS) is 20.7. The number of hydrogen-bond donors (Lipinski definition) is 22. The molecule has 8 rings (SSSR count). The number of nitrogens with one attached hydrogen (secondary N) is 8. The maximum Gasteiger partial charge on any atom is 0.305 e. The number of nitrogens with two attached hydrogens (primary N) is 2. The lowest BCUT2D eigenvalue weighted by Gasteiger charge is -2.28. The van der Waals surface area contributed by atoms with E-state index in [9.17, 15) is 99.3 Å². The molecule has 0 radical (unpaired) electrons. The maximum atomic E-state index is 14.4. The smallest absolute Gasteiger partial charge is 0.305 e. The van der Waals surface area contributed by atoms with Crippen molar-refractivity contribution in [1.82, 2.24) is 42.5 Å². The van der Waals surface area contributed by atoms with Crippen molar-refractivity contribution in [3.8, 4) is 0 Å². The number of unbranched alkanes of at least 4 members (excludes halogenated alkanes) is 4. The van der Waals surface area contributed by atoms with E-state index in [1.807, 2.05) is 44.2 Å². The molecule has 4 aliphatic rings. The van der Waals surface area contributed by atoms with Crippen molar-refractivity contribution in [2.75, 3.05) is 69.7 Å². The number of nitrogens with zero attached hydrogens (tertiary/aromatic N) is 3. The summed E-state index contributed by atoms with van der Waals surface area (Å²) in [5.41, 5.74) is 19.8. The summed E-state index contributed by atoms with van der Waals surface area (Å²) in [4.78, 5) is 129. The number of hydrogen-bond acceptors (Lipinski definition) is 25. The van der Waals surface area contributed by atoms with E-state index in [-0.39, 0.29) is 74.6 Å². The number of anilines is 1. The molecule has 676 valence electrons. The van der Waals surface area contributed by atoms with Gasteiger partial charge in [0.1, 0.15) is 67.3 Å². The number of carbonyl (C=O) groups is 9. The minimum Gasteiger partial charge on any atom is -0.481 e. The zero-order chi connectivity index (χ0) is 90.4. The molecule has 3 aliphatic heterocycles. The Bertz CT molecular complexity index is 4520. The van der Waals surface area contributed by atoms with Crippen molar-refractivity contribution >= 4 is 93.9 Å². The Kier molecular flexibility index (Phi) is 38.5. The van der Waals surface area contributed by atoms with Gasteiger partial charge in [0, 0.05) is 115 Å². The molecular formula is C87H120N13O23S+. The number of rotatable bonds is 44. The molecule has 9 unspecified atom stereocenters. The first kappa shape index (κ1) is 99.1. The molecule has 37 heteroatoms. The van der Waals surface area contributed by atoms with Gasteiger partial charge in [-0.25, -0.2) is 5.26 Å². The van der Waals surface area contributed by atoms with Crippen molar-refractivity contribution in [3.05, 3.63) is 172 Å². The molecule has 8 amide bonds. The van der Waals surface area contributed by atoms with Crippen LogP contribution >= 0.6 is 12.0 Å². The molecule has 24 N–H and O–H groups in total. The van der Waals surface area contributed by atoms with Gasteiger partial charge in [0.2, 0.25) is 41.1 Å². The number of guanidine groups is 1. The zero-order valence-corrected chi connectivity index (χ0v) is 70.9. The Balaban J connectivity index is 1.03. The quantitative estimate of drug-likeness (QED) is 0.00552. The van der Waals surface area contributed by atoms with Crippen LogP contribution in [0.5, 0.6) is 0 Å². The first-order valence-corrected chi connectivity index (χ1v) is 42.6. The van der Waals surface area contributed by atoms with E-state index >= 15 is 0 Å².